The van der Waals surface area contributed by atoms with Crippen molar-refractivity contribution >= 4 is 34.1 Å². The van der Waals surface area contributed by atoms with Gasteiger partial charge in [0.2, 0.25) is 11.0 Å². The molecule has 0 aliphatic carbocycles. The van der Waals surface area contributed by atoms with E-state index in [1.807, 2.05) is 12.1 Å². The number of hydrogen-bond donors (Lipinski definition) is 2. The molecule has 34 heavy (non-hydrogen) atoms. The third kappa shape index (κ3) is 5.28. The Morgan fingerprint density at radius 3 is 2.68 bits per heavy atom. The number of amides is 3. The largest absolute Gasteiger partial charge is 0.497 e. The van der Waals surface area contributed by atoms with Gasteiger partial charge in [-0.15, -0.1) is 10.2 Å². The summed E-state index contributed by atoms with van der Waals surface area (Å²) in [5.74, 6) is 0.219. The molecule has 8 nitrogen and oxygen atoms in total. The summed E-state index contributed by atoms with van der Waals surface area (Å²) in [6, 6.07) is 10.2. The number of halogens is 3. The van der Waals surface area contributed by atoms with Crippen molar-refractivity contribution in [2.75, 3.05) is 24.3 Å². The summed E-state index contributed by atoms with van der Waals surface area (Å²) in [6.45, 7) is 0.300. The van der Waals surface area contributed by atoms with Gasteiger partial charge in [0.05, 0.1) is 12.7 Å². The molecule has 1 atom stereocenters. The van der Waals surface area contributed by atoms with E-state index in [0.717, 1.165) is 17.7 Å². The lowest BCUT2D eigenvalue weighted by Crippen LogP contribution is -2.45. The van der Waals surface area contributed by atoms with E-state index in [1.165, 1.54) is 28.4 Å². The van der Waals surface area contributed by atoms with Crippen LogP contribution in [0.4, 0.5) is 28.8 Å². The topological polar surface area (TPSA) is 96.5 Å². The molecule has 178 valence electrons. The van der Waals surface area contributed by atoms with Gasteiger partial charge in [-0.1, -0.05) is 29.5 Å². The summed E-state index contributed by atoms with van der Waals surface area (Å²) in [4.78, 5) is 26.9. The third-order valence-electron chi connectivity index (χ3n) is 5.23. The van der Waals surface area contributed by atoms with Gasteiger partial charge < -0.3 is 15.0 Å². The number of carbonyl (C=O) groups excluding carboxylic acids is 2. The van der Waals surface area contributed by atoms with Crippen LogP contribution in [0.1, 0.15) is 18.4 Å². The lowest BCUT2D eigenvalue weighted by Gasteiger charge is -2.24. The van der Waals surface area contributed by atoms with Crippen molar-refractivity contribution in [3.63, 3.8) is 0 Å². The number of anilines is 2. The standard InChI is InChI=1S/C22H20F3N5O3S/c1-33-16-8-2-5-13(11-16)19-28-29-20(34-19)27-18(31)17-9-4-10-30(17)21(32)26-15-7-3-6-14(12-15)22(23,24)25/h2-3,5-8,11-12,17H,4,9-10H2,1H3,(H,26,32)(H,27,29,31). The second kappa shape index (κ2) is 9.67. The number of nitrogens with one attached hydrogen (secondary N) is 2. The molecule has 1 aliphatic heterocycles. The number of aromatic nitrogens is 2. The van der Waals surface area contributed by atoms with Gasteiger partial charge in [0, 0.05) is 17.8 Å². The van der Waals surface area contributed by atoms with Crippen molar-refractivity contribution in [2.24, 2.45) is 0 Å². The minimum atomic E-state index is -4.53. The van der Waals surface area contributed by atoms with Crippen LogP contribution in [-0.4, -0.2) is 46.7 Å². The van der Waals surface area contributed by atoms with Crippen molar-refractivity contribution in [3.8, 4) is 16.3 Å². The average molecular weight is 491 g/mol. The third-order valence-corrected chi connectivity index (χ3v) is 6.12. The van der Waals surface area contributed by atoms with Crippen LogP contribution in [0.25, 0.3) is 10.6 Å². The normalized spacial score (nSPS) is 15.8. The van der Waals surface area contributed by atoms with Crippen molar-refractivity contribution in [1.82, 2.24) is 15.1 Å². The molecule has 1 aromatic heterocycles. The first kappa shape index (κ1) is 23.5. The smallest absolute Gasteiger partial charge is 0.416 e. The summed E-state index contributed by atoms with van der Waals surface area (Å²) in [6.07, 6.45) is -3.52. The number of ether oxygens (including phenoxy) is 1. The molecule has 1 fully saturated rings. The number of rotatable bonds is 5. The van der Waals surface area contributed by atoms with E-state index in [-0.39, 0.29) is 10.8 Å². The molecule has 1 aliphatic rings. The summed E-state index contributed by atoms with van der Waals surface area (Å²) in [7, 11) is 1.56. The number of carbonyl (C=O) groups is 2. The lowest BCUT2D eigenvalue weighted by atomic mass is 10.2. The van der Waals surface area contributed by atoms with E-state index in [2.05, 4.69) is 20.8 Å². The Hall–Kier alpha value is -3.67. The van der Waals surface area contributed by atoms with E-state index in [1.54, 1.807) is 19.2 Å². The van der Waals surface area contributed by atoms with Gasteiger partial charge >= 0.3 is 12.2 Å². The van der Waals surface area contributed by atoms with Crippen molar-refractivity contribution < 1.29 is 27.5 Å². The molecule has 1 saturated heterocycles. The monoisotopic (exact) mass is 491 g/mol. The Balaban J connectivity index is 1.42. The highest BCUT2D eigenvalue weighted by Gasteiger charge is 2.35. The molecule has 2 N–H and O–H groups in total. The highest BCUT2D eigenvalue weighted by molar-refractivity contribution is 7.18. The number of alkyl halides is 3. The van der Waals surface area contributed by atoms with Crippen LogP contribution >= 0.6 is 11.3 Å². The minimum absolute atomic E-state index is 0.00191. The number of methoxy groups -OCH3 is 1. The zero-order chi connectivity index (χ0) is 24.3. The predicted octanol–water partition coefficient (Wildman–Crippen LogP) is 4.87. The number of likely N-dealkylation sites (tertiary alicyclic amines) is 1. The van der Waals surface area contributed by atoms with E-state index in [4.69, 9.17) is 4.74 Å². The molecule has 2 aromatic carbocycles. The molecule has 12 heteroatoms. The van der Waals surface area contributed by atoms with Gasteiger partial charge in [-0.05, 0) is 43.2 Å². The number of nitrogens with zero attached hydrogens (tertiary/aromatic N) is 3. The van der Waals surface area contributed by atoms with Gasteiger partial charge in [0.25, 0.3) is 0 Å². The van der Waals surface area contributed by atoms with Crippen LogP contribution in [0, 0.1) is 0 Å². The highest BCUT2D eigenvalue weighted by atomic mass is 32.1. The minimum Gasteiger partial charge on any atom is -0.497 e. The van der Waals surface area contributed by atoms with Gasteiger partial charge in [-0.25, -0.2) is 4.79 Å². The van der Waals surface area contributed by atoms with E-state index in [0.29, 0.717) is 30.1 Å². The predicted molar refractivity (Wildman–Crippen MR) is 121 cm³/mol. The van der Waals surface area contributed by atoms with Crippen LogP contribution in [0.15, 0.2) is 48.5 Å². The van der Waals surface area contributed by atoms with Crippen LogP contribution in [0.5, 0.6) is 5.75 Å². The first-order valence-electron chi connectivity index (χ1n) is 10.3. The fourth-order valence-electron chi connectivity index (χ4n) is 3.59. The molecule has 0 spiro atoms. The fraction of sp³-hybridized carbons (Fsp3) is 0.273. The average Bonchev–Trinajstić information content (AvgIpc) is 3.49. The molecule has 0 saturated carbocycles. The molecule has 0 bridgehead atoms. The van der Waals surface area contributed by atoms with Gasteiger partial charge in [0.1, 0.15) is 16.8 Å². The van der Waals surface area contributed by atoms with E-state index in [9.17, 15) is 22.8 Å². The van der Waals surface area contributed by atoms with Gasteiger partial charge in [0.15, 0.2) is 0 Å². The molecule has 0 radical (unpaired) electrons. The zero-order valence-corrected chi connectivity index (χ0v) is 18.7. The summed E-state index contributed by atoms with van der Waals surface area (Å²) in [5, 5.41) is 14.1. The number of benzene rings is 2. The van der Waals surface area contributed by atoms with Crippen molar-refractivity contribution in [3.05, 3.63) is 54.1 Å². The Kier molecular flexibility index (Phi) is 6.68. The van der Waals surface area contributed by atoms with Crippen LogP contribution in [0.3, 0.4) is 0 Å². The maximum absolute atomic E-state index is 12.9. The second-order valence-corrected chi connectivity index (χ2v) is 8.47. The molecule has 2 heterocycles. The quantitative estimate of drug-likeness (QED) is 0.531. The molecule has 4 rings (SSSR count). The second-order valence-electron chi connectivity index (χ2n) is 7.49. The van der Waals surface area contributed by atoms with E-state index < -0.39 is 29.7 Å². The number of hydrogen-bond acceptors (Lipinski definition) is 6. The first-order chi connectivity index (χ1) is 16.2. The SMILES string of the molecule is COc1cccc(-c2nnc(NC(=O)C3CCCN3C(=O)Nc3cccc(C(F)(F)F)c3)s2)c1. The Morgan fingerprint density at radius 2 is 1.91 bits per heavy atom. The summed E-state index contributed by atoms with van der Waals surface area (Å²) < 4.78 is 44.0. The lowest BCUT2D eigenvalue weighted by molar-refractivity contribution is -0.137. The molecule has 3 aromatic rings. The molecule has 3 amide bonds. The van der Waals surface area contributed by atoms with Crippen LogP contribution in [-0.2, 0) is 11.0 Å². The zero-order valence-electron chi connectivity index (χ0n) is 17.9. The number of urea groups is 1. The van der Waals surface area contributed by atoms with Crippen molar-refractivity contribution in [2.45, 2.75) is 25.1 Å². The first-order valence-corrected chi connectivity index (χ1v) is 11.1. The molecular weight excluding hydrogens is 471 g/mol. The van der Waals surface area contributed by atoms with Crippen LogP contribution < -0.4 is 15.4 Å². The summed E-state index contributed by atoms with van der Waals surface area (Å²) in [5.41, 5.74) is -0.0950. The van der Waals surface area contributed by atoms with Crippen molar-refractivity contribution in [1.29, 1.82) is 0 Å². The Bertz CT molecular complexity index is 1200. The molecule has 1 unspecified atom stereocenters. The highest BCUT2D eigenvalue weighted by Crippen LogP contribution is 2.32. The van der Waals surface area contributed by atoms with E-state index >= 15 is 0 Å². The maximum atomic E-state index is 12.9. The Morgan fingerprint density at radius 1 is 1.12 bits per heavy atom. The summed E-state index contributed by atoms with van der Waals surface area (Å²) >= 11 is 1.17. The maximum Gasteiger partial charge on any atom is 0.416 e. The van der Waals surface area contributed by atoms with Gasteiger partial charge in [-0.2, -0.15) is 13.2 Å². The van der Waals surface area contributed by atoms with Gasteiger partial charge in [-0.3, -0.25) is 10.1 Å². The Labute approximate surface area is 196 Å². The van der Waals surface area contributed by atoms with Crippen LogP contribution in [0.2, 0.25) is 0 Å². The molecular formula is C22H20F3N5O3S. The fourth-order valence-corrected chi connectivity index (χ4v) is 4.33.